The fourth-order valence-corrected chi connectivity index (χ4v) is 1.70. The highest BCUT2D eigenvalue weighted by atomic mass is 32.1. The number of aromatic nitrogens is 2. The lowest BCUT2D eigenvalue weighted by atomic mass is 10.4. The van der Waals surface area contributed by atoms with E-state index in [0.717, 1.165) is 11.0 Å². The Labute approximate surface area is 86.1 Å². The molecule has 0 aliphatic heterocycles. The number of hydrogen-bond donors (Lipinski definition) is 2. The summed E-state index contributed by atoms with van der Waals surface area (Å²) in [6.45, 7) is 0.260. The summed E-state index contributed by atoms with van der Waals surface area (Å²) in [5.41, 5.74) is 0. The normalized spacial score (nSPS) is 15.2. The van der Waals surface area contributed by atoms with Crippen LogP contribution in [0, 0.1) is 0 Å². The van der Waals surface area contributed by atoms with Crippen molar-refractivity contribution in [3.05, 3.63) is 5.82 Å². The largest absolute Gasteiger partial charge is 0.358 e. The Morgan fingerprint density at radius 1 is 1.64 bits per heavy atom. The van der Waals surface area contributed by atoms with Crippen LogP contribution >= 0.6 is 11.5 Å². The second kappa shape index (κ2) is 3.91. The van der Waals surface area contributed by atoms with Gasteiger partial charge in [-0.2, -0.15) is 4.37 Å². The third-order valence-electron chi connectivity index (χ3n) is 2.06. The van der Waals surface area contributed by atoms with E-state index in [0.29, 0.717) is 5.92 Å². The molecule has 1 aromatic heterocycles. The minimum absolute atomic E-state index is 0.0480. The lowest BCUT2D eigenvalue weighted by Crippen LogP contribution is -2.26. The molecule has 6 heteroatoms. The van der Waals surface area contributed by atoms with E-state index in [2.05, 4.69) is 20.0 Å². The Morgan fingerprint density at radius 2 is 2.43 bits per heavy atom. The Kier molecular flexibility index (Phi) is 2.62. The van der Waals surface area contributed by atoms with Gasteiger partial charge >= 0.3 is 0 Å². The first-order valence-electron chi connectivity index (χ1n) is 4.57. The van der Waals surface area contributed by atoms with Crippen LogP contribution in [0.5, 0.6) is 0 Å². The van der Waals surface area contributed by atoms with Crippen LogP contribution in [0.3, 0.4) is 0 Å². The van der Waals surface area contributed by atoms with Gasteiger partial charge in [0.1, 0.15) is 5.82 Å². The summed E-state index contributed by atoms with van der Waals surface area (Å²) in [6, 6.07) is 0. The van der Waals surface area contributed by atoms with Gasteiger partial charge in [0.2, 0.25) is 11.0 Å². The van der Waals surface area contributed by atoms with Crippen LogP contribution in [0.25, 0.3) is 0 Å². The molecule has 0 atom stereocenters. The van der Waals surface area contributed by atoms with Gasteiger partial charge in [-0.1, -0.05) is 0 Å². The van der Waals surface area contributed by atoms with Gasteiger partial charge in [-0.15, -0.1) is 0 Å². The Bertz CT molecular complexity index is 334. The molecule has 1 saturated carbocycles. The van der Waals surface area contributed by atoms with Crippen molar-refractivity contribution < 1.29 is 4.79 Å². The molecule has 2 rings (SSSR count). The maximum atomic E-state index is 10.9. The fourth-order valence-electron chi connectivity index (χ4n) is 1.06. The second-order valence-electron chi connectivity index (χ2n) is 3.26. The van der Waals surface area contributed by atoms with Gasteiger partial charge in [-0.3, -0.25) is 4.79 Å². The van der Waals surface area contributed by atoms with E-state index >= 15 is 0 Å². The summed E-state index contributed by atoms with van der Waals surface area (Å²) in [4.78, 5) is 15.2. The zero-order valence-electron chi connectivity index (χ0n) is 7.91. The molecule has 0 aromatic carbocycles. The number of amides is 1. The highest BCUT2D eigenvalue weighted by Crippen LogP contribution is 2.39. The standard InChI is InChI=1S/C8H12N4OS/c1-9-6(13)4-10-8-11-7(12-14-8)5-2-3-5/h5H,2-4H2,1H3,(H,9,13)(H,10,11,12). The number of likely N-dealkylation sites (N-methyl/N-ethyl adjacent to an activating group) is 1. The third-order valence-corrected chi connectivity index (χ3v) is 2.75. The van der Waals surface area contributed by atoms with Crippen molar-refractivity contribution in [1.82, 2.24) is 14.7 Å². The maximum Gasteiger partial charge on any atom is 0.239 e. The van der Waals surface area contributed by atoms with E-state index in [-0.39, 0.29) is 12.5 Å². The van der Waals surface area contributed by atoms with Gasteiger partial charge in [0.05, 0.1) is 6.54 Å². The van der Waals surface area contributed by atoms with E-state index in [1.165, 1.54) is 24.4 Å². The number of anilines is 1. The van der Waals surface area contributed by atoms with Gasteiger partial charge in [-0.05, 0) is 12.8 Å². The molecule has 76 valence electrons. The average molecular weight is 212 g/mol. The average Bonchev–Trinajstić information content (AvgIpc) is 2.95. The van der Waals surface area contributed by atoms with Crippen molar-refractivity contribution in [2.24, 2.45) is 0 Å². The molecular weight excluding hydrogens is 200 g/mol. The van der Waals surface area contributed by atoms with Crippen molar-refractivity contribution in [1.29, 1.82) is 0 Å². The van der Waals surface area contributed by atoms with Crippen molar-refractivity contribution in [3.8, 4) is 0 Å². The van der Waals surface area contributed by atoms with E-state index in [4.69, 9.17) is 0 Å². The number of hydrogen-bond acceptors (Lipinski definition) is 5. The van der Waals surface area contributed by atoms with Gasteiger partial charge in [-0.25, -0.2) is 4.98 Å². The summed E-state index contributed by atoms with van der Waals surface area (Å²) in [7, 11) is 1.61. The lowest BCUT2D eigenvalue weighted by Gasteiger charge is -1.99. The predicted octanol–water partition coefficient (Wildman–Crippen LogP) is 0.573. The van der Waals surface area contributed by atoms with Crippen LogP contribution in [0.15, 0.2) is 0 Å². The Morgan fingerprint density at radius 3 is 3.07 bits per heavy atom. The summed E-state index contributed by atoms with van der Waals surface area (Å²) < 4.78 is 4.22. The topological polar surface area (TPSA) is 66.9 Å². The maximum absolute atomic E-state index is 10.9. The van der Waals surface area contributed by atoms with Crippen LogP contribution < -0.4 is 10.6 Å². The molecule has 0 radical (unpaired) electrons. The summed E-state index contributed by atoms with van der Waals surface area (Å²) >= 11 is 1.32. The molecule has 1 aromatic rings. The fraction of sp³-hybridized carbons (Fsp3) is 0.625. The van der Waals surface area contributed by atoms with Crippen LogP contribution in [-0.4, -0.2) is 28.9 Å². The number of nitrogens with one attached hydrogen (secondary N) is 2. The highest BCUT2D eigenvalue weighted by molar-refractivity contribution is 7.09. The first kappa shape index (κ1) is 9.39. The monoisotopic (exact) mass is 212 g/mol. The molecule has 1 aliphatic carbocycles. The zero-order chi connectivity index (χ0) is 9.97. The van der Waals surface area contributed by atoms with E-state index in [1.807, 2.05) is 0 Å². The molecule has 1 aliphatic rings. The summed E-state index contributed by atoms with van der Waals surface area (Å²) in [5.74, 6) is 1.45. The van der Waals surface area contributed by atoms with E-state index in [1.54, 1.807) is 7.05 Å². The van der Waals surface area contributed by atoms with Gasteiger partial charge in [0.15, 0.2) is 0 Å². The predicted molar refractivity (Wildman–Crippen MR) is 54.4 cm³/mol. The molecule has 2 N–H and O–H groups in total. The second-order valence-corrected chi connectivity index (χ2v) is 4.01. The summed E-state index contributed by atoms with van der Waals surface area (Å²) in [5, 5.41) is 6.20. The molecule has 1 amide bonds. The smallest absolute Gasteiger partial charge is 0.239 e. The van der Waals surface area contributed by atoms with Crippen molar-refractivity contribution in [2.45, 2.75) is 18.8 Å². The highest BCUT2D eigenvalue weighted by Gasteiger charge is 2.27. The van der Waals surface area contributed by atoms with Crippen LogP contribution in [0.1, 0.15) is 24.6 Å². The Hall–Kier alpha value is -1.17. The number of carbonyl (C=O) groups excluding carboxylic acids is 1. The van der Waals surface area contributed by atoms with Crippen molar-refractivity contribution in [3.63, 3.8) is 0 Å². The molecule has 0 spiro atoms. The number of nitrogens with zero attached hydrogens (tertiary/aromatic N) is 2. The molecule has 0 saturated heterocycles. The molecular formula is C8H12N4OS. The van der Waals surface area contributed by atoms with Crippen LogP contribution in [0.2, 0.25) is 0 Å². The van der Waals surface area contributed by atoms with Crippen molar-refractivity contribution >= 4 is 22.6 Å². The first-order valence-corrected chi connectivity index (χ1v) is 5.35. The molecule has 1 heterocycles. The quantitative estimate of drug-likeness (QED) is 0.766. The molecule has 5 nitrogen and oxygen atoms in total. The molecule has 0 bridgehead atoms. The van der Waals surface area contributed by atoms with E-state index < -0.39 is 0 Å². The third kappa shape index (κ3) is 2.20. The van der Waals surface area contributed by atoms with Crippen LogP contribution in [0.4, 0.5) is 5.13 Å². The van der Waals surface area contributed by atoms with Gasteiger partial charge < -0.3 is 10.6 Å². The lowest BCUT2D eigenvalue weighted by molar-refractivity contribution is -0.118. The van der Waals surface area contributed by atoms with E-state index in [9.17, 15) is 4.79 Å². The summed E-state index contributed by atoms with van der Waals surface area (Å²) in [6.07, 6.45) is 2.40. The molecule has 0 unspecified atom stereocenters. The first-order chi connectivity index (χ1) is 6.79. The minimum atomic E-state index is -0.0480. The van der Waals surface area contributed by atoms with Gasteiger partial charge in [0, 0.05) is 24.5 Å². The SMILES string of the molecule is CNC(=O)CNc1nc(C2CC2)ns1. The number of carbonyl (C=O) groups is 1. The Balaban J connectivity index is 1.86. The zero-order valence-corrected chi connectivity index (χ0v) is 8.73. The molecule has 1 fully saturated rings. The molecule has 14 heavy (non-hydrogen) atoms. The van der Waals surface area contributed by atoms with Crippen LogP contribution in [-0.2, 0) is 4.79 Å². The van der Waals surface area contributed by atoms with Gasteiger partial charge in [0.25, 0.3) is 0 Å². The number of rotatable bonds is 4. The van der Waals surface area contributed by atoms with Crippen molar-refractivity contribution in [2.75, 3.05) is 18.9 Å². The minimum Gasteiger partial charge on any atom is -0.358 e.